The first-order chi connectivity index (χ1) is 14.8. The zero-order chi connectivity index (χ0) is 24.1. The number of hydrogen-bond donors (Lipinski definition) is 2. The van der Waals surface area contributed by atoms with Gasteiger partial charge in [-0.3, -0.25) is 0 Å². The Morgan fingerprint density at radius 1 is 0.844 bits per heavy atom. The lowest BCUT2D eigenvalue weighted by atomic mass is 10.1. The Bertz CT molecular complexity index is 967. The average molecular weight is 468 g/mol. The first-order valence-corrected chi connectivity index (χ1v) is 10.1. The van der Waals surface area contributed by atoms with E-state index in [-0.39, 0.29) is 39.8 Å². The van der Waals surface area contributed by atoms with Crippen LogP contribution < -0.4 is 10.6 Å². The summed E-state index contributed by atoms with van der Waals surface area (Å²) in [6, 6.07) is 8.69. The van der Waals surface area contributed by atoms with Crippen molar-refractivity contribution in [3.05, 3.63) is 59.2 Å². The fourth-order valence-electron chi connectivity index (χ4n) is 2.57. The second-order valence-electron chi connectivity index (χ2n) is 7.36. The Morgan fingerprint density at radius 2 is 1.34 bits per heavy atom. The lowest BCUT2D eigenvalue weighted by Crippen LogP contribution is -2.21. The van der Waals surface area contributed by atoms with Gasteiger partial charge in [-0.25, -0.2) is 9.59 Å². The van der Waals surface area contributed by atoms with Gasteiger partial charge < -0.3 is 20.1 Å². The van der Waals surface area contributed by atoms with Crippen LogP contribution in [0.5, 0.6) is 0 Å². The number of thiocarbonyl (C=S) groups is 1. The number of nitrogens with one attached hydrogen (secondary N) is 2. The molecule has 0 aromatic heterocycles. The molecule has 32 heavy (non-hydrogen) atoms. The molecule has 0 saturated heterocycles. The molecule has 10 heteroatoms. The second-order valence-corrected chi connectivity index (χ2v) is 7.77. The molecular weight excluding hydrogens is 445 g/mol. The Balaban J connectivity index is 2.28. The highest BCUT2D eigenvalue weighted by molar-refractivity contribution is 7.80. The van der Waals surface area contributed by atoms with E-state index in [0.717, 1.165) is 12.1 Å². The summed E-state index contributed by atoms with van der Waals surface area (Å²) in [7, 11) is 0. The third-order valence-electron chi connectivity index (χ3n) is 3.80. The van der Waals surface area contributed by atoms with E-state index in [4.69, 9.17) is 21.7 Å². The molecule has 0 bridgehead atoms. The number of halogens is 3. The Labute approximate surface area is 189 Å². The van der Waals surface area contributed by atoms with Crippen molar-refractivity contribution in [2.75, 3.05) is 10.6 Å². The number of anilines is 2. The molecule has 0 atom stereocenters. The van der Waals surface area contributed by atoms with Crippen molar-refractivity contribution in [1.29, 1.82) is 0 Å². The SMILES string of the molecule is CC(C)OC(=O)c1cc(NC(=S)Nc2cccc(C(F)(F)F)c2)cc(C(=O)OC(C)C)c1. The van der Waals surface area contributed by atoms with E-state index in [1.807, 2.05) is 0 Å². The van der Waals surface area contributed by atoms with Gasteiger partial charge in [0.05, 0.1) is 28.9 Å². The second kappa shape index (κ2) is 10.4. The number of carbonyl (C=O) groups is 2. The number of rotatable bonds is 6. The number of esters is 2. The molecule has 2 aromatic rings. The molecule has 0 aliphatic heterocycles. The summed E-state index contributed by atoms with van der Waals surface area (Å²) in [5, 5.41) is 5.38. The average Bonchev–Trinajstić information content (AvgIpc) is 2.66. The highest BCUT2D eigenvalue weighted by Crippen LogP contribution is 2.30. The van der Waals surface area contributed by atoms with Gasteiger partial charge >= 0.3 is 18.1 Å². The smallest absolute Gasteiger partial charge is 0.416 e. The van der Waals surface area contributed by atoms with Crippen LogP contribution in [0.25, 0.3) is 0 Å². The van der Waals surface area contributed by atoms with Gasteiger partial charge in [-0.1, -0.05) is 6.07 Å². The minimum Gasteiger partial charge on any atom is -0.459 e. The van der Waals surface area contributed by atoms with Gasteiger partial charge in [0, 0.05) is 11.4 Å². The van der Waals surface area contributed by atoms with Gasteiger partial charge in [0.1, 0.15) is 0 Å². The van der Waals surface area contributed by atoms with E-state index in [1.54, 1.807) is 27.7 Å². The van der Waals surface area contributed by atoms with Gasteiger partial charge in [-0.05, 0) is 76.3 Å². The highest BCUT2D eigenvalue weighted by Gasteiger charge is 2.30. The van der Waals surface area contributed by atoms with Crippen molar-refractivity contribution in [3.63, 3.8) is 0 Å². The molecule has 6 nitrogen and oxygen atoms in total. The van der Waals surface area contributed by atoms with Crippen LogP contribution >= 0.6 is 12.2 Å². The molecule has 172 valence electrons. The molecule has 0 aliphatic carbocycles. The van der Waals surface area contributed by atoms with Gasteiger partial charge in [0.2, 0.25) is 0 Å². The Kier molecular flexibility index (Phi) is 8.20. The first-order valence-electron chi connectivity index (χ1n) is 9.67. The fourth-order valence-corrected chi connectivity index (χ4v) is 2.80. The summed E-state index contributed by atoms with van der Waals surface area (Å²) < 4.78 is 49.1. The van der Waals surface area contributed by atoms with Crippen LogP contribution in [0.15, 0.2) is 42.5 Å². The van der Waals surface area contributed by atoms with Gasteiger partial charge in [-0.2, -0.15) is 13.2 Å². The predicted octanol–water partition coefficient (Wildman–Crippen LogP) is 5.64. The topological polar surface area (TPSA) is 76.7 Å². The first kappa shape index (κ1) is 25.1. The van der Waals surface area contributed by atoms with E-state index in [0.29, 0.717) is 0 Å². The molecule has 0 amide bonds. The van der Waals surface area contributed by atoms with Gasteiger partial charge in [0.15, 0.2) is 5.11 Å². The molecule has 0 radical (unpaired) electrons. The third-order valence-corrected chi connectivity index (χ3v) is 4.00. The Hall–Kier alpha value is -3.14. The molecule has 0 spiro atoms. The van der Waals surface area contributed by atoms with Crippen LogP contribution in [0.2, 0.25) is 0 Å². The van der Waals surface area contributed by atoms with Crippen LogP contribution in [0.1, 0.15) is 54.0 Å². The zero-order valence-corrected chi connectivity index (χ0v) is 18.7. The summed E-state index contributed by atoms with van der Waals surface area (Å²) in [4.78, 5) is 24.7. The van der Waals surface area contributed by atoms with Crippen LogP contribution in [-0.4, -0.2) is 29.3 Å². The van der Waals surface area contributed by atoms with Crippen molar-refractivity contribution in [2.24, 2.45) is 0 Å². The van der Waals surface area contributed by atoms with Gasteiger partial charge in [-0.15, -0.1) is 0 Å². The largest absolute Gasteiger partial charge is 0.459 e. The number of carbonyl (C=O) groups excluding carboxylic acids is 2. The number of benzene rings is 2. The molecule has 2 rings (SSSR count). The molecule has 2 aromatic carbocycles. The predicted molar refractivity (Wildman–Crippen MR) is 119 cm³/mol. The van der Waals surface area contributed by atoms with Crippen molar-refractivity contribution in [3.8, 4) is 0 Å². The number of ether oxygens (including phenoxy) is 2. The summed E-state index contributed by atoms with van der Waals surface area (Å²) in [5.74, 6) is -1.31. The summed E-state index contributed by atoms with van der Waals surface area (Å²) in [6.45, 7) is 6.73. The third kappa shape index (κ3) is 7.52. The molecule has 0 saturated carbocycles. The monoisotopic (exact) mass is 468 g/mol. The minimum atomic E-state index is -4.50. The van der Waals surface area contributed by atoms with E-state index < -0.39 is 23.7 Å². The maximum atomic E-state index is 12.9. The van der Waals surface area contributed by atoms with Crippen LogP contribution in [0, 0.1) is 0 Å². The van der Waals surface area contributed by atoms with Gasteiger partial charge in [0.25, 0.3) is 0 Å². The Morgan fingerprint density at radius 3 is 1.81 bits per heavy atom. The summed E-state index contributed by atoms with van der Waals surface area (Å²) in [5.41, 5.74) is -0.291. The number of hydrogen-bond acceptors (Lipinski definition) is 5. The molecule has 0 heterocycles. The fraction of sp³-hybridized carbons (Fsp3) is 0.318. The molecule has 2 N–H and O–H groups in total. The molecular formula is C22H23F3N2O4S. The maximum Gasteiger partial charge on any atom is 0.416 e. The minimum absolute atomic E-state index is 0.0399. The lowest BCUT2D eigenvalue weighted by Gasteiger charge is -2.15. The van der Waals surface area contributed by atoms with Crippen molar-refractivity contribution < 1.29 is 32.2 Å². The van der Waals surface area contributed by atoms with Crippen molar-refractivity contribution >= 4 is 40.6 Å². The number of alkyl halides is 3. The van der Waals surface area contributed by atoms with Crippen molar-refractivity contribution in [1.82, 2.24) is 0 Å². The van der Waals surface area contributed by atoms with Crippen LogP contribution in [0.3, 0.4) is 0 Å². The van der Waals surface area contributed by atoms with E-state index in [1.165, 1.54) is 30.3 Å². The van der Waals surface area contributed by atoms with Crippen molar-refractivity contribution in [2.45, 2.75) is 46.1 Å². The zero-order valence-electron chi connectivity index (χ0n) is 17.9. The lowest BCUT2D eigenvalue weighted by molar-refractivity contribution is -0.137. The molecule has 0 unspecified atom stereocenters. The maximum absolute atomic E-state index is 12.9. The summed E-state index contributed by atoms with van der Waals surface area (Å²) >= 11 is 5.18. The normalized spacial score (nSPS) is 11.3. The van der Waals surface area contributed by atoms with E-state index in [9.17, 15) is 22.8 Å². The summed E-state index contributed by atoms with van der Waals surface area (Å²) in [6.07, 6.45) is -5.26. The van der Waals surface area contributed by atoms with E-state index >= 15 is 0 Å². The standard InChI is InChI=1S/C22H23F3N2O4S/c1-12(2)30-19(28)14-8-15(20(29)31-13(3)4)10-18(9-14)27-21(32)26-17-7-5-6-16(11-17)22(23,24)25/h5-13H,1-4H3,(H2,26,27,32). The highest BCUT2D eigenvalue weighted by atomic mass is 32.1. The van der Waals surface area contributed by atoms with E-state index in [2.05, 4.69) is 10.6 Å². The molecule has 0 aliphatic rings. The molecule has 0 fully saturated rings. The van der Waals surface area contributed by atoms with Crippen LogP contribution in [0.4, 0.5) is 24.5 Å². The van der Waals surface area contributed by atoms with Crippen LogP contribution in [-0.2, 0) is 15.7 Å². The quantitative estimate of drug-likeness (QED) is 0.419.